The highest BCUT2D eigenvalue weighted by molar-refractivity contribution is 6.18. The zero-order chi connectivity index (χ0) is 10.6. The first-order valence-electron chi connectivity index (χ1n) is 4.70. The Morgan fingerprint density at radius 2 is 2.14 bits per heavy atom. The van der Waals surface area contributed by atoms with Crippen molar-refractivity contribution in [1.29, 1.82) is 0 Å². The maximum absolute atomic E-state index is 9.56. The van der Waals surface area contributed by atoms with Gasteiger partial charge in [-0.3, -0.25) is 0 Å². The zero-order valence-electron chi connectivity index (χ0n) is 8.51. The molecule has 0 radical (unpaired) electrons. The summed E-state index contributed by atoms with van der Waals surface area (Å²) in [7, 11) is 0. The number of rotatable bonds is 4. The van der Waals surface area contributed by atoms with Crippen LogP contribution in [0.3, 0.4) is 0 Å². The van der Waals surface area contributed by atoms with Gasteiger partial charge in [-0.05, 0) is 43.5 Å². The molecule has 1 N–H and O–H groups in total. The fourth-order valence-corrected chi connectivity index (χ4v) is 1.56. The summed E-state index contributed by atoms with van der Waals surface area (Å²) in [6.07, 6.45) is 0.799. The molecule has 0 aliphatic carbocycles. The van der Waals surface area contributed by atoms with Crippen molar-refractivity contribution in [2.75, 3.05) is 12.5 Å². The second-order valence-electron chi connectivity index (χ2n) is 3.12. The number of phenols is 1. The molecule has 0 bridgehead atoms. The van der Waals surface area contributed by atoms with Crippen molar-refractivity contribution in [2.45, 2.75) is 20.3 Å². The molecule has 0 spiro atoms. The SMILES string of the molecule is CCOc1cc(CCCl)c(C)cc1O. The first-order chi connectivity index (χ1) is 6.69. The predicted octanol–water partition coefficient (Wildman–Crippen LogP) is 2.88. The molecule has 0 aromatic heterocycles. The second kappa shape index (κ2) is 5.11. The van der Waals surface area contributed by atoms with Crippen molar-refractivity contribution in [1.82, 2.24) is 0 Å². The lowest BCUT2D eigenvalue weighted by Crippen LogP contribution is -1.96. The van der Waals surface area contributed by atoms with E-state index in [2.05, 4.69) is 0 Å². The fraction of sp³-hybridized carbons (Fsp3) is 0.455. The lowest BCUT2D eigenvalue weighted by molar-refractivity contribution is 0.317. The molecule has 1 aromatic carbocycles. The highest BCUT2D eigenvalue weighted by Crippen LogP contribution is 2.29. The van der Waals surface area contributed by atoms with E-state index in [-0.39, 0.29) is 5.75 Å². The van der Waals surface area contributed by atoms with E-state index >= 15 is 0 Å². The highest BCUT2D eigenvalue weighted by Gasteiger charge is 2.06. The van der Waals surface area contributed by atoms with E-state index < -0.39 is 0 Å². The van der Waals surface area contributed by atoms with Gasteiger partial charge in [0.2, 0.25) is 0 Å². The van der Waals surface area contributed by atoms with Gasteiger partial charge < -0.3 is 9.84 Å². The van der Waals surface area contributed by atoms with Gasteiger partial charge in [0.15, 0.2) is 11.5 Å². The summed E-state index contributed by atoms with van der Waals surface area (Å²) in [6, 6.07) is 3.57. The molecule has 0 aliphatic heterocycles. The number of ether oxygens (including phenoxy) is 1. The Balaban J connectivity index is 3.00. The molecule has 1 aromatic rings. The van der Waals surface area contributed by atoms with E-state index in [4.69, 9.17) is 16.3 Å². The monoisotopic (exact) mass is 214 g/mol. The van der Waals surface area contributed by atoms with Gasteiger partial charge in [0, 0.05) is 5.88 Å². The van der Waals surface area contributed by atoms with Crippen LogP contribution in [0.15, 0.2) is 12.1 Å². The number of benzene rings is 1. The van der Waals surface area contributed by atoms with E-state index in [0.717, 1.165) is 17.5 Å². The molecule has 78 valence electrons. The molecule has 0 unspecified atom stereocenters. The summed E-state index contributed by atoms with van der Waals surface area (Å²) < 4.78 is 5.29. The van der Waals surface area contributed by atoms with Gasteiger partial charge in [0.05, 0.1) is 6.61 Å². The van der Waals surface area contributed by atoms with Crippen LogP contribution in [0.1, 0.15) is 18.1 Å². The molecule has 1 rings (SSSR count). The Morgan fingerprint density at radius 1 is 1.43 bits per heavy atom. The molecule has 0 aliphatic rings. The zero-order valence-corrected chi connectivity index (χ0v) is 9.27. The predicted molar refractivity (Wildman–Crippen MR) is 58.4 cm³/mol. The number of halogens is 1. The first-order valence-corrected chi connectivity index (χ1v) is 5.23. The van der Waals surface area contributed by atoms with Gasteiger partial charge in [-0.25, -0.2) is 0 Å². The van der Waals surface area contributed by atoms with Gasteiger partial charge in [-0.15, -0.1) is 11.6 Å². The average molecular weight is 215 g/mol. The molecule has 3 heteroatoms. The Morgan fingerprint density at radius 3 is 2.71 bits per heavy atom. The Hall–Kier alpha value is -0.890. The molecule has 0 amide bonds. The van der Waals surface area contributed by atoms with Gasteiger partial charge in [0.1, 0.15) is 0 Å². The van der Waals surface area contributed by atoms with Crippen LogP contribution < -0.4 is 4.74 Å². The molecule has 2 nitrogen and oxygen atoms in total. The quantitative estimate of drug-likeness (QED) is 0.781. The molecular weight excluding hydrogens is 200 g/mol. The number of aryl methyl sites for hydroxylation is 2. The topological polar surface area (TPSA) is 29.5 Å². The van der Waals surface area contributed by atoms with Crippen LogP contribution in [-0.2, 0) is 6.42 Å². The molecule has 0 fully saturated rings. The van der Waals surface area contributed by atoms with E-state index in [1.165, 1.54) is 0 Å². The smallest absolute Gasteiger partial charge is 0.161 e. The Kier molecular flexibility index (Phi) is 4.08. The summed E-state index contributed by atoms with van der Waals surface area (Å²) >= 11 is 5.67. The van der Waals surface area contributed by atoms with E-state index in [1.807, 2.05) is 19.9 Å². The second-order valence-corrected chi connectivity index (χ2v) is 3.50. The van der Waals surface area contributed by atoms with E-state index in [9.17, 15) is 5.11 Å². The van der Waals surface area contributed by atoms with Gasteiger partial charge in [-0.2, -0.15) is 0 Å². The number of hydrogen-bond acceptors (Lipinski definition) is 2. The van der Waals surface area contributed by atoms with Crippen molar-refractivity contribution in [3.63, 3.8) is 0 Å². The van der Waals surface area contributed by atoms with Gasteiger partial charge in [0.25, 0.3) is 0 Å². The number of phenolic OH excluding ortho intramolecular Hbond substituents is 1. The van der Waals surface area contributed by atoms with Crippen molar-refractivity contribution >= 4 is 11.6 Å². The maximum Gasteiger partial charge on any atom is 0.161 e. The summed E-state index contributed by atoms with van der Waals surface area (Å²) in [5.41, 5.74) is 2.17. The average Bonchev–Trinajstić information content (AvgIpc) is 2.14. The van der Waals surface area contributed by atoms with Crippen LogP contribution in [0.25, 0.3) is 0 Å². The molecule has 0 atom stereocenters. The highest BCUT2D eigenvalue weighted by atomic mass is 35.5. The molecule has 0 heterocycles. The normalized spacial score (nSPS) is 10.2. The summed E-state index contributed by atoms with van der Waals surface area (Å²) in [5, 5.41) is 9.56. The van der Waals surface area contributed by atoms with Crippen LogP contribution in [0, 0.1) is 6.92 Å². The first kappa shape index (κ1) is 11.2. The van der Waals surface area contributed by atoms with Crippen LogP contribution in [0.4, 0.5) is 0 Å². The number of alkyl halides is 1. The minimum atomic E-state index is 0.197. The summed E-state index contributed by atoms with van der Waals surface area (Å²) in [5.74, 6) is 1.32. The van der Waals surface area contributed by atoms with E-state index in [1.54, 1.807) is 6.07 Å². The van der Waals surface area contributed by atoms with Gasteiger partial charge in [-0.1, -0.05) is 0 Å². The van der Waals surface area contributed by atoms with Crippen molar-refractivity contribution in [3.05, 3.63) is 23.3 Å². The fourth-order valence-electron chi connectivity index (χ4n) is 1.36. The third kappa shape index (κ3) is 2.55. The minimum Gasteiger partial charge on any atom is -0.504 e. The molecule has 0 saturated carbocycles. The van der Waals surface area contributed by atoms with Crippen molar-refractivity contribution < 1.29 is 9.84 Å². The standard InChI is InChI=1S/C11H15ClO2/c1-3-14-11-7-9(4-5-12)8(2)6-10(11)13/h6-7,13H,3-5H2,1-2H3. The van der Waals surface area contributed by atoms with E-state index in [0.29, 0.717) is 18.2 Å². The number of hydrogen-bond donors (Lipinski definition) is 1. The van der Waals surface area contributed by atoms with Crippen molar-refractivity contribution in [3.8, 4) is 11.5 Å². The third-order valence-electron chi connectivity index (χ3n) is 2.08. The van der Waals surface area contributed by atoms with Gasteiger partial charge >= 0.3 is 0 Å². The maximum atomic E-state index is 9.56. The largest absolute Gasteiger partial charge is 0.504 e. The molecule has 0 saturated heterocycles. The Labute approximate surface area is 89.5 Å². The van der Waals surface area contributed by atoms with Crippen LogP contribution in [-0.4, -0.2) is 17.6 Å². The van der Waals surface area contributed by atoms with Crippen molar-refractivity contribution in [2.24, 2.45) is 0 Å². The summed E-state index contributed by atoms with van der Waals surface area (Å²) in [4.78, 5) is 0. The number of aromatic hydroxyl groups is 1. The van der Waals surface area contributed by atoms with Crippen LogP contribution >= 0.6 is 11.6 Å². The summed E-state index contributed by atoms with van der Waals surface area (Å²) in [6.45, 7) is 4.40. The Bertz CT molecular complexity index is 283. The van der Waals surface area contributed by atoms with Crippen LogP contribution in [0.5, 0.6) is 11.5 Å². The minimum absolute atomic E-state index is 0.197. The van der Waals surface area contributed by atoms with Crippen LogP contribution in [0.2, 0.25) is 0 Å². The molecular formula is C11H15ClO2. The lowest BCUT2D eigenvalue weighted by atomic mass is 10.1. The third-order valence-corrected chi connectivity index (χ3v) is 2.27. The molecule has 14 heavy (non-hydrogen) atoms. The lowest BCUT2D eigenvalue weighted by Gasteiger charge is -2.10.